The summed E-state index contributed by atoms with van der Waals surface area (Å²) in [5.74, 6) is 0.581. The summed E-state index contributed by atoms with van der Waals surface area (Å²) < 4.78 is 5.23. The summed E-state index contributed by atoms with van der Waals surface area (Å²) in [5, 5.41) is 9.82. The first-order valence-corrected chi connectivity index (χ1v) is 4.23. The van der Waals surface area contributed by atoms with Gasteiger partial charge < -0.3 is 9.84 Å². The molecule has 12 heavy (non-hydrogen) atoms. The monoisotopic (exact) mass is 186 g/mol. The molecule has 66 valence electrons. The Bertz CT molecular complexity index is 261. The summed E-state index contributed by atoms with van der Waals surface area (Å²) in [7, 11) is 0. The molecule has 0 spiro atoms. The molecule has 0 radical (unpaired) electrons. The molecule has 2 nitrogen and oxygen atoms in total. The summed E-state index contributed by atoms with van der Waals surface area (Å²) in [6.07, 6.45) is 0.919. The number of benzene rings is 1. The molecule has 0 aliphatic heterocycles. The third kappa shape index (κ3) is 2.31. The molecule has 0 bridgehead atoms. The lowest BCUT2D eigenvalue weighted by Gasteiger charge is -2.05. The van der Waals surface area contributed by atoms with Crippen LogP contribution < -0.4 is 4.74 Å². The summed E-state index contributed by atoms with van der Waals surface area (Å²) >= 11 is 5.64. The van der Waals surface area contributed by atoms with Crippen LogP contribution in [-0.4, -0.2) is 11.7 Å². The van der Waals surface area contributed by atoms with Crippen LogP contribution in [0.3, 0.4) is 0 Å². The summed E-state index contributed by atoms with van der Waals surface area (Å²) in [5.41, 5.74) is 0. The Hall–Kier alpha value is -0.890. The van der Waals surface area contributed by atoms with E-state index in [1.807, 2.05) is 6.92 Å². The molecule has 0 aromatic heterocycles. The van der Waals surface area contributed by atoms with E-state index in [1.54, 1.807) is 12.1 Å². The highest BCUT2D eigenvalue weighted by molar-refractivity contribution is 6.30. The van der Waals surface area contributed by atoms with Crippen LogP contribution in [0, 0.1) is 0 Å². The van der Waals surface area contributed by atoms with Crippen molar-refractivity contribution in [1.29, 1.82) is 0 Å². The molecule has 0 fully saturated rings. The molecule has 0 heterocycles. The lowest BCUT2D eigenvalue weighted by molar-refractivity contribution is 0.299. The lowest BCUT2D eigenvalue weighted by atomic mass is 10.3. The Kier molecular flexibility index (Phi) is 3.23. The lowest BCUT2D eigenvalue weighted by Crippen LogP contribution is -1.94. The number of hydrogen-bond acceptors (Lipinski definition) is 2. The van der Waals surface area contributed by atoms with Crippen molar-refractivity contribution in [1.82, 2.24) is 0 Å². The van der Waals surface area contributed by atoms with Crippen LogP contribution in [0.2, 0.25) is 5.02 Å². The fourth-order valence-electron chi connectivity index (χ4n) is 0.825. The quantitative estimate of drug-likeness (QED) is 0.787. The molecule has 1 N–H and O–H groups in total. The molecule has 0 atom stereocenters. The van der Waals surface area contributed by atoms with Crippen molar-refractivity contribution in [2.45, 2.75) is 13.3 Å². The number of ether oxygens (including phenoxy) is 1. The Morgan fingerprint density at radius 1 is 1.50 bits per heavy atom. The van der Waals surface area contributed by atoms with Gasteiger partial charge in [-0.25, -0.2) is 0 Å². The number of phenols is 1. The van der Waals surface area contributed by atoms with Crippen LogP contribution in [0.1, 0.15) is 13.3 Å². The zero-order valence-electron chi connectivity index (χ0n) is 6.88. The average molecular weight is 187 g/mol. The first-order chi connectivity index (χ1) is 5.74. The van der Waals surface area contributed by atoms with Gasteiger partial charge in [0, 0.05) is 11.1 Å². The molecule has 0 unspecified atom stereocenters. The van der Waals surface area contributed by atoms with Crippen LogP contribution in [0.4, 0.5) is 0 Å². The van der Waals surface area contributed by atoms with E-state index in [9.17, 15) is 5.11 Å². The van der Waals surface area contributed by atoms with Crippen molar-refractivity contribution < 1.29 is 9.84 Å². The average Bonchev–Trinajstić information content (AvgIpc) is 2.03. The highest BCUT2D eigenvalue weighted by atomic mass is 35.5. The summed E-state index contributed by atoms with van der Waals surface area (Å²) in [6.45, 7) is 2.61. The van der Waals surface area contributed by atoms with Gasteiger partial charge in [-0.15, -0.1) is 0 Å². The standard InChI is InChI=1S/C9H11ClO2/c1-2-5-12-9-4-3-7(10)6-8(9)11/h3-4,6,11H,2,5H2,1H3. The van der Waals surface area contributed by atoms with E-state index in [-0.39, 0.29) is 5.75 Å². The first kappa shape index (κ1) is 9.20. The number of rotatable bonds is 3. The molecule has 1 aromatic rings. The van der Waals surface area contributed by atoms with E-state index >= 15 is 0 Å². The van der Waals surface area contributed by atoms with Crippen LogP contribution in [0.25, 0.3) is 0 Å². The van der Waals surface area contributed by atoms with Gasteiger partial charge in [-0.1, -0.05) is 18.5 Å². The number of halogens is 1. The molecule has 3 heteroatoms. The second kappa shape index (κ2) is 4.21. The zero-order valence-corrected chi connectivity index (χ0v) is 7.64. The van der Waals surface area contributed by atoms with Gasteiger partial charge in [0.1, 0.15) is 0 Å². The molecular formula is C9H11ClO2. The van der Waals surface area contributed by atoms with Crippen molar-refractivity contribution in [3.8, 4) is 11.5 Å². The topological polar surface area (TPSA) is 29.5 Å². The first-order valence-electron chi connectivity index (χ1n) is 3.85. The molecule has 1 aromatic carbocycles. The van der Waals surface area contributed by atoms with Crippen LogP contribution in [-0.2, 0) is 0 Å². The Morgan fingerprint density at radius 2 is 2.25 bits per heavy atom. The third-order valence-electron chi connectivity index (χ3n) is 1.38. The van der Waals surface area contributed by atoms with Gasteiger partial charge in [0.25, 0.3) is 0 Å². The van der Waals surface area contributed by atoms with E-state index in [4.69, 9.17) is 16.3 Å². The molecule has 0 amide bonds. The van der Waals surface area contributed by atoms with Gasteiger partial charge in [0.2, 0.25) is 0 Å². The highest BCUT2D eigenvalue weighted by Gasteiger charge is 2.01. The number of hydrogen-bond donors (Lipinski definition) is 1. The molecule has 0 saturated heterocycles. The van der Waals surface area contributed by atoms with Gasteiger partial charge in [0.15, 0.2) is 11.5 Å². The predicted molar refractivity (Wildman–Crippen MR) is 48.9 cm³/mol. The maximum absolute atomic E-state index is 9.31. The van der Waals surface area contributed by atoms with Crippen molar-refractivity contribution in [3.63, 3.8) is 0 Å². The van der Waals surface area contributed by atoms with Crippen molar-refractivity contribution in [2.24, 2.45) is 0 Å². The van der Waals surface area contributed by atoms with E-state index in [0.29, 0.717) is 17.4 Å². The fraction of sp³-hybridized carbons (Fsp3) is 0.333. The van der Waals surface area contributed by atoms with E-state index in [2.05, 4.69) is 0 Å². The van der Waals surface area contributed by atoms with Crippen molar-refractivity contribution >= 4 is 11.6 Å². The number of phenolic OH excluding ortho intramolecular Hbond substituents is 1. The Balaban J connectivity index is 2.72. The van der Waals surface area contributed by atoms with E-state index in [1.165, 1.54) is 6.07 Å². The Labute approximate surface area is 76.7 Å². The minimum Gasteiger partial charge on any atom is -0.504 e. The third-order valence-corrected chi connectivity index (χ3v) is 1.62. The van der Waals surface area contributed by atoms with Gasteiger partial charge in [-0.05, 0) is 18.6 Å². The van der Waals surface area contributed by atoms with E-state index < -0.39 is 0 Å². The molecule has 0 aliphatic rings. The second-order valence-electron chi connectivity index (χ2n) is 2.46. The molecular weight excluding hydrogens is 176 g/mol. The smallest absolute Gasteiger partial charge is 0.161 e. The fourth-order valence-corrected chi connectivity index (χ4v) is 0.991. The second-order valence-corrected chi connectivity index (χ2v) is 2.90. The Morgan fingerprint density at radius 3 is 2.83 bits per heavy atom. The molecule has 0 aliphatic carbocycles. The largest absolute Gasteiger partial charge is 0.504 e. The normalized spacial score (nSPS) is 9.83. The summed E-state index contributed by atoms with van der Waals surface area (Å²) in [4.78, 5) is 0. The van der Waals surface area contributed by atoms with Crippen LogP contribution in [0.15, 0.2) is 18.2 Å². The van der Waals surface area contributed by atoms with Gasteiger partial charge >= 0.3 is 0 Å². The van der Waals surface area contributed by atoms with Crippen molar-refractivity contribution in [3.05, 3.63) is 23.2 Å². The highest BCUT2D eigenvalue weighted by Crippen LogP contribution is 2.28. The van der Waals surface area contributed by atoms with Crippen molar-refractivity contribution in [2.75, 3.05) is 6.61 Å². The van der Waals surface area contributed by atoms with Gasteiger partial charge in [0.05, 0.1) is 6.61 Å². The molecule has 0 saturated carbocycles. The molecule has 1 rings (SSSR count). The minimum absolute atomic E-state index is 0.0935. The summed E-state index contributed by atoms with van der Waals surface area (Å²) in [6, 6.07) is 4.81. The zero-order chi connectivity index (χ0) is 8.97. The van der Waals surface area contributed by atoms with Gasteiger partial charge in [-0.2, -0.15) is 0 Å². The maximum Gasteiger partial charge on any atom is 0.161 e. The van der Waals surface area contributed by atoms with E-state index in [0.717, 1.165) is 6.42 Å². The minimum atomic E-state index is 0.0935. The SMILES string of the molecule is CCCOc1ccc(Cl)cc1O. The van der Waals surface area contributed by atoms with Crippen LogP contribution in [0.5, 0.6) is 11.5 Å². The predicted octanol–water partition coefficient (Wildman–Crippen LogP) is 2.83. The van der Waals surface area contributed by atoms with Crippen LogP contribution >= 0.6 is 11.6 Å². The van der Waals surface area contributed by atoms with Gasteiger partial charge in [-0.3, -0.25) is 0 Å². The number of aromatic hydroxyl groups is 1. The maximum atomic E-state index is 9.31.